The number of cyclic esters (lactones) is 1. The van der Waals surface area contributed by atoms with E-state index < -0.39 is 21.3 Å². The number of amides is 1. The van der Waals surface area contributed by atoms with Gasteiger partial charge in [0.25, 0.3) is 0 Å². The molecule has 15 heavy (non-hydrogen) atoms. The van der Waals surface area contributed by atoms with Crippen molar-refractivity contribution < 1.29 is 17.9 Å². The highest BCUT2D eigenvalue weighted by Gasteiger charge is 2.43. The fraction of sp³-hybridized carbons (Fsp3) is 0.875. The lowest BCUT2D eigenvalue weighted by atomic mass is 10.3. The molecular formula is C8H14N2O4S. The summed E-state index contributed by atoms with van der Waals surface area (Å²) >= 11 is 0. The number of hydrogen-bond acceptors (Lipinski definition) is 5. The quantitative estimate of drug-likeness (QED) is 0.682. The molecule has 2 aliphatic rings. The summed E-state index contributed by atoms with van der Waals surface area (Å²) < 4.78 is 28.1. The molecule has 0 spiro atoms. The van der Waals surface area contributed by atoms with Crippen molar-refractivity contribution in [2.24, 2.45) is 5.73 Å². The molecule has 0 bridgehead atoms. The molecule has 7 heteroatoms. The average Bonchev–Trinajstić information content (AvgIpc) is 2.68. The molecule has 0 aromatic carbocycles. The normalized spacial score (nSPS) is 34.5. The molecule has 2 fully saturated rings. The minimum Gasteiger partial charge on any atom is -0.443 e. The smallest absolute Gasteiger partial charge is 0.411 e. The van der Waals surface area contributed by atoms with Gasteiger partial charge in [-0.25, -0.2) is 13.2 Å². The number of nitrogens with two attached hydrogens (primary N) is 1. The Morgan fingerprint density at radius 1 is 1.53 bits per heavy atom. The van der Waals surface area contributed by atoms with Crippen LogP contribution in [0.1, 0.15) is 12.8 Å². The summed E-state index contributed by atoms with van der Waals surface area (Å²) in [5, 5.41) is -0.693. The molecule has 0 aromatic heterocycles. The highest BCUT2D eigenvalue weighted by atomic mass is 32.2. The number of hydrogen-bond donors (Lipinski definition) is 1. The summed E-state index contributed by atoms with van der Waals surface area (Å²) in [6, 6.07) is 0. The second-order valence-corrected chi connectivity index (χ2v) is 6.14. The molecular weight excluding hydrogens is 220 g/mol. The number of rotatable bonds is 2. The zero-order valence-corrected chi connectivity index (χ0v) is 9.07. The Hall–Kier alpha value is -0.820. The maximum Gasteiger partial charge on any atom is 0.411 e. The van der Waals surface area contributed by atoms with Crippen LogP contribution in [0.15, 0.2) is 0 Å². The van der Waals surface area contributed by atoms with Crippen molar-refractivity contribution in [1.29, 1.82) is 0 Å². The van der Waals surface area contributed by atoms with Crippen molar-refractivity contribution in [3.63, 3.8) is 0 Å². The molecule has 0 radical (unpaired) electrons. The van der Waals surface area contributed by atoms with Gasteiger partial charge in [-0.15, -0.1) is 0 Å². The van der Waals surface area contributed by atoms with E-state index in [0.29, 0.717) is 19.4 Å². The van der Waals surface area contributed by atoms with Crippen LogP contribution in [0.3, 0.4) is 0 Å². The van der Waals surface area contributed by atoms with Crippen molar-refractivity contribution in [3.05, 3.63) is 0 Å². The van der Waals surface area contributed by atoms with Gasteiger partial charge in [0.15, 0.2) is 9.84 Å². The van der Waals surface area contributed by atoms with E-state index in [-0.39, 0.29) is 18.4 Å². The third-order valence-electron chi connectivity index (χ3n) is 2.81. The molecule has 86 valence electrons. The highest BCUT2D eigenvalue weighted by Crippen LogP contribution is 2.27. The molecule has 0 aliphatic carbocycles. The summed E-state index contributed by atoms with van der Waals surface area (Å²) in [7, 11) is -3.15. The number of carbonyl (C=O) groups is 1. The van der Waals surface area contributed by atoms with Gasteiger partial charge in [0, 0.05) is 6.54 Å². The lowest BCUT2D eigenvalue weighted by Crippen LogP contribution is -2.40. The van der Waals surface area contributed by atoms with Crippen LogP contribution in [-0.2, 0) is 14.6 Å². The minimum atomic E-state index is -3.15. The van der Waals surface area contributed by atoms with Gasteiger partial charge in [-0.05, 0) is 12.8 Å². The molecule has 6 nitrogen and oxygen atoms in total. The van der Waals surface area contributed by atoms with Gasteiger partial charge in [-0.2, -0.15) is 0 Å². The first-order valence-electron chi connectivity index (χ1n) is 4.93. The van der Waals surface area contributed by atoms with E-state index in [1.807, 2.05) is 0 Å². The Morgan fingerprint density at radius 3 is 2.73 bits per heavy atom. The van der Waals surface area contributed by atoms with Crippen LogP contribution in [0.25, 0.3) is 0 Å². The Bertz CT molecular complexity index is 367. The summed E-state index contributed by atoms with van der Waals surface area (Å²) in [6.45, 7) is 0.522. The highest BCUT2D eigenvalue weighted by molar-refractivity contribution is 7.92. The third kappa shape index (κ3) is 1.81. The van der Waals surface area contributed by atoms with Gasteiger partial charge >= 0.3 is 6.09 Å². The summed E-state index contributed by atoms with van der Waals surface area (Å²) in [4.78, 5) is 12.7. The van der Waals surface area contributed by atoms with E-state index in [0.717, 1.165) is 0 Å². The number of nitrogens with zero attached hydrogens (tertiary/aromatic N) is 1. The van der Waals surface area contributed by atoms with E-state index in [2.05, 4.69) is 0 Å². The Kier molecular flexibility index (Phi) is 2.59. The summed E-state index contributed by atoms with van der Waals surface area (Å²) in [6.07, 6.45) is 0.202. The lowest BCUT2D eigenvalue weighted by molar-refractivity contribution is 0.133. The molecule has 2 heterocycles. The zero-order valence-electron chi connectivity index (χ0n) is 8.26. The minimum absolute atomic E-state index is 0.161. The molecule has 2 atom stereocenters. The van der Waals surface area contributed by atoms with Crippen LogP contribution in [0.2, 0.25) is 0 Å². The van der Waals surface area contributed by atoms with Gasteiger partial charge in [0.2, 0.25) is 0 Å². The van der Waals surface area contributed by atoms with Gasteiger partial charge in [0.1, 0.15) is 11.5 Å². The van der Waals surface area contributed by atoms with E-state index in [9.17, 15) is 13.2 Å². The second-order valence-electron chi connectivity index (χ2n) is 3.86. The van der Waals surface area contributed by atoms with Crippen molar-refractivity contribution in [2.75, 3.05) is 18.8 Å². The van der Waals surface area contributed by atoms with Crippen LogP contribution in [0.4, 0.5) is 4.79 Å². The Morgan fingerprint density at radius 2 is 2.27 bits per heavy atom. The van der Waals surface area contributed by atoms with Crippen LogP contribution >= 0.6 is 0 Å². The predicted octanol–water partition coefficient (Wildman–Crippen LogP) is -0.699. The van der Waals surface area contributed by atoms with Gasteiger partial charge in [-0.1, -0.05) is 0 Å². The molecule has 0 saturated carbocycles. The zero-order chi connectivity index (χ0) is 11.1. The fourth-order valence-electron chi connectivity index (χ4n) is 2.02. The SMILES string of the molecule is NC[C@H]1CN(C2CCCS2(=O)=O)C(=O)O1. The number of ether oxygens (including phenoxy) is 1. The maximum atomic E-state index is 11.6. The van der Waals surface area contributed by atoms with Gasteiger partial charge in [-0.3, -0.25) is 4.90 Å². The average molecular weight is 234 g/mol. The first-order chi connectivity index (χ1) is 7.04. The number of carbonyl (C=O) groups excluding carboxylic acids is 1. The Labute approximate surface area is 88.3 Å². The van der Waals surface area contributed by atoms with Crippen molar-refractivity contribution in [2.45, 2.75) is 24.3 Å². The number of sulfone groups is 1. The lowest BCUT2D eigenvalue weighted by Gasteiger charge is -2.19. The van der Waals surface area contributed by atoms with E-state index in [1.54, 1.807) is 0 Å². The topological polar surface area (TPSA) is 89.7 Å². The summed E-state index contributed by atoms with van der Waals surface area (Å²) in [5.41, 5.74) is 5.37. The molecule has 2 N–H and O–H groups in total. The molecule has 1 unspecified atom stereocenters. The van der Waals surface area contributed by atoms with Crippen LogP contribution in [0, 0.1) is 0 Å². The van der Waals surface area contributed by atoms with Crippen molar-refractivity contribution in [1.82, 2.24) is 4.90 Å². The molecule has 1 amide bonds. The fourth-order valence-corrected chi connectivity index (χ4v) is 3.95. The maximum absolute atomic E-state index is 11.6. The first-order valence-corrected chi connectivity index (χ1v) is 6.65. The van der Waals surface area contributed by atoms with E-state index >= 15 is 0 Å². The predicted molar refractivity (Wildman–Crippen MR) is 52.8 cm³/mol. The molecule has 2 saturated heterocycles. The molecule has 0 aromatic rings. The van der Waals surface area contributed by atoms with E-state index in [1.165, 1.54) is 4.90 Å². The van der Waals surface area contributed by atoms with Crippen LogP contribution < -0.4 is 5.73 Å². The Balaban J connectivity index is 2.15. The second kappa shape index (κ2) is 3.64. The van der Waals surface area contributed by atoms with Crippen molar-refractivity contribution >= 4 is 15.9 Å². The van der Waals surface area contributed by atoms with Crippen LogP contribution in [-0.4, -0.2) is 49.7 Å². The molecule has 2 rings (SSSR count). The van der Waals surface area contributed by atoms with Crippen LogP contribution in [0.5, 0.6) is 0 Å². The summed E-state index contributed by atoms with van der Waals surface area (Å²) in [5.74, 6) is 0.161. The van der Waals surface area contributed by atoms with Gasteiger partial charge in [0.05, 0.1) is 12.3 Å². The largest absolute Gasteiger partial charge is 0.443 e. The monoisotopic (exact) mass is 234 g/mol. The molecule has 2 aliphatic heterocycles. The first kappa shape index (κ1) is 10.7. The standard InChI is InChI=1S/C8H14N2O4S/c9-4-6-5-10(8(11)14-6)7-2-1-3-15(7,12)13/h6-7H,1-5,9H2/t6-,7?/m0/s1. The third-order valence-corrected chi connectivity index (χ3v) is 4.98. The van der Waals surface area contributed by atoms with Crippen molar-refractivity contribution in [3.8, 4) is 0 Å². The van der Waals surface area contributed by atoms with Gasteiger partial charge < -0.3 is 10.5 Å². The van der Waals surface area contributed by atoms with E-state index in [4.69, 9.17) is 10.5 Å².